The van der Waals surface area contributed by atoms with Crippen LogP contribution in [0.4, 0.5) is 0 Å². The summed E-state index contributed by atoms with van der Waals surface area (Å²) < 4.78 is 5.23. The van der Waals surface area contributed by atoms with Crippen LogP contribution in [0.5, 0.6) is 5.75 Å². The van der Waals surface area contributed by atoms with Gasteiger partial charge in [0.25, 0.3) is 0 Å². The molecule has 19 heavy (non-hydrogen) atoms. The predicted octanol–water partition coefficient (Wildman–Crippen LogP) is 2.62. The number of benzene rings is 1. The maximum absolute atomic E-state index is 9.42. The van der Waals surface area contributed by atoms with Crippen molar-refractivity contribution in [1.29, 1.82) is 0 Å². The lowest BCUT2D eigenvalue weighted by Crippen LogP contribution is -2.32. The van der Waals surface area contributed by atoms with Crippen molar-refractivity contribution in [2.75, 3.05) is 13.7 Å². The monoisotopic (exact) mass is 284 g/mol. The summed E-state index contributed by atoms with van der Waals surface area (Å²) in [6.07, 6.45) is 1.91. The van der Waals surface area contributed by atoms with E-state index < -0.39 is 0 Å². The first kappa shape index (κ1) is 15.8. The number of methoxy groups -OCH3 is 1. The second kappa shape index (κ2) is 5.82. The van der Waals surface area contributed by atoms with Gasteiger partial charge in [0.2, 0.25) is 0 Å². The van der Waals surface area contributed by atoms with E-state index in [2.05, 4.69) is 4.98 Å². The number of ether oxygens (including phenoxy) is 1. The Morgan fingerprint density at radius 1 is 1.42 bits per heavy atom. The van der Waals surface area contributed by atoms with Crippen molar-refractivity contribution >= 4 is 23.3 Å². The van der Waals surface area contributed by atoms with Crippen LogP contribution in [0, 0.1) is 5.41 Å². The second-order valence-electron chi connectivity index (χ2n) is 5.28. The Bertz CT molecular complexity index is 551. The number of aliphatic hydroxyl groups is 1. The first-order chi connectivity index (χ1) is 8.49. The summed E-state index contributed by atoms with van der Waals surface area (Å²) in [7, 11) is 1.64. The van der Waals surface area contributed by atoms with Crippen LogP contribution in [0.3, 0.4) is 0 Å². The lowest BCUT2D eigenvalue weighted by molar-refractivity contribution is 0.133. The van der Waals surface area contributed by atoms with Crippen molar-refractivity contribution in [3.63, 3.8) is 0 Å². The fraction of sp³-hybridized carbons (Fsp3) is 0.429. The average Bonchev–Trinajstić information content (AvgIpc) is 2.80. The average molecular weight is 285 g/mol. The van der Waals surface area contributed by atoms with Gasteiger partial charge in [0.05, 0.1) is 7.11 Å². The number of hydrogen-bond acceptors (Lipinski definition) is 3. The van der Waals surface area contributed by atoms with E-state index in [1.54, 1.807) is 7.11 Å². The lowest BCUT2D eigenvalue weighted by atomic mass is 9.82. The topological polar surface area (TPSA) is 71.3 Å². The molecule has 0 fully saturated rings. The third-order valence-corrected chi connectivity index (χ3v) is 3.51. The Kier molecular flexibility index (Phi) is 4.85. The molecular weight excluding hydrogens is 264 g/mol. The summed E-state index contributed by atoms with van der Waals surface area (Å²) in [5.41, 5.74) is 7.93. The van der Waals surface area contributed by atoms with E-state index in [0.29, 0.717) is 0 Å². The number of aromatic amines is 1. The summed E-state index contributed by atoms with van der Waals surface area (Å²) in [5, 5.41) is 10.5. The first-order valence-corrected chi connectivity index (χ1v) is 6.01. The number of fused-ring (bicyclic) bond motifs is 1. The molecule has 4 nitrogen and oxygen atoms in total. The highest BCUT2D eigenvalue weighted by Gasteiger charge is 2.28. The molecule has 0 saturated carbocycles. The fourth-order valence-electron chi connectivity index (χ4n) is 2.02. The predicted molar refractivity (Wildman–Crippen MR) is 79.9 cm³/mol. The van der Waals surface area contributed by atoms with Crippen LogP contribution in [-0.4, -0.2) is 23.8 Å². The molecule has 0 saturated heterocycles. The van der Waals surface area contributed by atoms with Gasteiger partial charge in [-0.1, -0.05) is 13.8 Å². The summed E-state index contributed by atoms with van der Waals surface area (Å²) in [5.74, 6) is 0.803. The highest BCUT2D eigenvalue weighted by Crippen LogP contribution is 2.35. The number of rotatable bonds is 4. The van der Waals surface area contributed by atoms with E-state index in [4.69, 9.17) is 10.5 Å². The molecule has 0 aliphatic heterocycles. The van der Waals surface area contributed by atoms with Gasteiger partial charge in [-0.3, -0.25) is 0 Å². The molecule has 106 valence electrons. The Balaban J connectivity index is 0.00000180. The van der Waals surface area contributed by atoms with Crippen molar-refractivity contribution in [2.24, 2.45) is 11.1 Å². The summed E-state index contributed by atoms with van der Waals surface area (Å²) in [6, 6.07) is 5.61. The molecular formula is C14H21ClN2O2. The maximum atomic E-state index is 9.42. The van der Waals surface area contributed by atoms with Crippen LogP contribution < -0.4 is 10.5 Å². The molecule has 1 aromatic carbocycles. The van der Waals surface area contributed by atoms with E-state index >= 15 is 0 Å². The minimum absolute atomic E-state index is 0. The minimum atomic E-state index is -0.363. The molecule has 1 heterocycles. The van der Waals surface area contributed by atoms with E-state index in [9.17, 15) is 5.11 Å². The quantitative estimate of drug-likeness (QED) is 0.808. The molecule has 0 radical (unpaired) electrons. The van der Waals surface area contributed by atoms with Crippen LogP contribution in [0.2, 0.25) is 0 Å². The Hall–Kier alpha value is -1.23. The largest absolute Gasteiger partial charge is 0.497 e. The van der Waals surface area contributed by atoms with E-state index in [1.165, 1.54) is 0 Å². The van der Waals surface area contributed by atoms with Crippen LogP contribution >= 0.6 is 12.4 Å². The Morgan fingerprint density at radius 2 is 2.11 bits per heavy atom. The third-order valence-electron chi connectivity index (χ3n) is 3.51. The minimum Gasteiger partial charge on any atom is -0.497 e. The van der Waals surface area contributed by atoms with E-state index in [-0.39, 0.29) is 30.5 Å². The Labute approximate surface area is 119 Å². The normalized spacial score (nSPS) is 13.1. The zero-order valence-corrected chi connectivity index (χ0v) is 12.3. The highest BCUT2D eigenvalue weighted by atomic mass is 35.5. The van der Waals surface area contributed by atoms with Crippen molar-refractivity contribution in [1.82, 2.24) is 4.98 Å². The molecule has 0 spiro atoms. The van der Waals surface area contributed by atoms with Crippen molar-refractivity contribution in [3.05, 3.63) is 30.0 Å². The third kappa shape index (κ3) is 2.86. The molecule has 2 rings (SSSR count). The van der Waals surface area contributed by atoms with Crippen LogP contribution in [0.15, 0.2) is 24.4 Å². The molecule has 1 aromatic heterocycles. The maximum Gasteiger partial charge on any atom is 0.119 e. The lowest BCUT2D eigenvalue weighted by Gasteiger charge is -2.29. The summed E-state index contributed by atoms with van der Waals surface area (Å²) in [4.78, 5) is 3.20. The van der Waals surface area contributed by atoms with Crippen LogP contribution in [0.25, 0.3) is 10.9 Å². The Morgan fingerprint density at radius 3 is 2.68 bits per heavy atom. The number of H-pyrrole nitrogens is 1. The van der Waals surface area contributed by atoms with Gasteiger partial charge in [-0.25, -0.2) is 0 Å². The van der Waals surface area contributed by atoms with Crippen molar-refractivity contribution in [3.8, 4) is 5.75 Å². The number of aliphatic hydroxyl groups excluding tert-OH is 1. The number of halogens is 1. The van der Waals surface area contributed by atoms with Crippen molar-refractivity contribution in [2.45, 2.75) is 19.9 Å². The number of hydrogen-bond donors (Lipinski definition) is 3. The standard InChI is InChI=1S/C14H20N2O2.ClH/c1-14(2,8-17)13(15)11-7-16-12-5-4-9(18-3)6-10(11)12;/h4-7,13,16-17H,8,15H2,1-3H3;1H/t13-;/m1./s1. The molecule has 2 aromatic rings. The van der Waals surface area contributed by atoms with E-state index in [0.717, 1.165) is 22.2 Å². The van der Waals surface area contributed by atoms with Gasteiger partial charge in [-0.2, -0.15) is 0 Å². The molecule has 5 heteroatoms. The smallest absolute Gasteiger partial charge is 0.119 e. The molecule has 0 unspecified atom stereocenters. The van der Waals surface area contributed by atoms with Gasteiger partial charge in [0.15, 0.2) is 0 Å². The zero-order chi connectivity index (χ0) is 13.3. The van der Waals surface area contributed by atoms with Crippen LogP contribution in [0.1, 0.15) is 25.5 Å². The van der Waals surface area contributed by atoms with Crippen LogP contribution in [-0.2, 0) is 0 Å². The summed E-state index contributed by atoms with van der Waals surface area (Å²) in [6.45, 7) is 3.96. The number of nitrogens with two attached hydrogens (primary N) is 1. The van der Waals surface area contributed by atoms with Crippen molar-refractivity contribution < 1.29 is 9.84 Å². The first-order valence-electron chi connectivity index (χ1n) is 6.01. The molecule has 0 amide bonds. The zero-order valence-electron chi connectivity index (χ0n) is 11.4. The van der Waals surface area contributed by atoms with Gasteiger partial charge in [0.1, 0.15) is 5.75 Å². The summed E-state index contributed by atoms with van der Waals surface area (Å²) >= 11 is 0. The van der Waals surface area contributed by atoms with Gasteiger partial charge in [0, 0.05) is 35.2 Å². The van der Waals surface area contributed by atoms with Gasteiger partial charge < -0.3 is 20.6 Å². The fourth-order valence-corrected chi connectivity index (χ4v) is 2.02. The van der Waals surface area contributed by atoms with Gasteiger partial charge >= 0.3 is 0 Å². The van der Waals surface area contributed by atoms with Gasteiger partial charge in [-0.15, -0.1) is 12.4 Å². The molecule has 0 aliphatic rings. The molecule has 1 atom stereocenters. The number of nitrogens with one attached hydrogen (secondary N) is 1. The molecule has 0 aliphatic carbocycles. The van der Waals surface area contributed by atoms with E-state index in [1.807, 2.05) is 38.2 Å². The molecule has 4 N–H and O–H groups in total. The number of aromatic nitrogens is 1. The second-order valence-corrected chi connectivity index (χ2v) is 5.28. The molecule has 0 bridgehead atoms. The van der Waals surface area contributed by atoms with Gasteiger partial charge in [-0.05, 0) is 23.8 Å². The SMILES string of the molecule is COc1ccc2[nH]cc([C@@H](N)C(C)(C)CO)c2c1.Cl. The highest BCUT2D eigenvalue weighted by molar-refractivity contribution is 5.85.